The third kappa shape index (κ3) is 6.45. The summed E-state index contributed by atoms with van der Waals surface area (Å²) in [6.07, 6.45) is 2.28. The van der Waals surface area contributed by atoms with Crippen molar-refractivity contribution in [1.82, 2.24) is 5.32 Å². The fourth-order valence-electron chi connectivity index (χ4n) is 3.37. The Balaban J connectivity index is 1.86. The van der Waals surface area contributed by atoms with Crippen LogP contribution in [-0.2, 0) is 22.7 Å². The summed E-state index contributed by atoms with van der Waals surface area (Å²) in [5, 5.41) is 14.2. The van der Waals surface area contributed by atoms with Gasteiger partial charge in [0.15, 0.2) is 0 Å². The maximum absolute atomic E-state index is 13.1. The molecule has 1 aromatic heterocycles. The van der Waals surface area contributed by atoms with Gasteiger partial charge in [-0.1, -0.05) is 36.4 Å². The van der Waals surface area contributed by atoms with Gasteiger partial charge < -0.3 is 15.2 Å². The van der Waals surface area contributed by atoms with E-state index < -0.39 is 12.0 Å². The van der Waals surface area contributed by atoms with Crippen molar-refractivity contribution in [2.24, 2.45) is 0 Å². The second-order valence-corrected chi connectivity index (χ2v) is 9.43. The molecule has 1 heterocycles. The maximum atomic E-state index is 13.1. The second-order valence-electron chi connectivity index (χ2n) is 7.41. The Morgan fingerprint density at radius 2 is 1.91 bits per heavy atom. The molecule has 0 radical (unpaired) electrons. The summed E-state index contributed by atoms with van der Waals surface area (Å²) in [6, 6.07) is 16.5. The highest BCUT2D eigenvalue weighted by Crippen LogP contribution is 2.29. The summed E-state index contributed by atoms with van der Waals surface area (Å²) in [5.74, 6) is -0.756. The molecular weight excluding hydrogens is 442 g/mol. The Labute approximate surface area is 196 Å². The summed E-state index contributed by atoms with van der Waals surface area (Å²) in [5.41, 5.74) is 4.15. The first kappa shape index (κ1) is 24.0. The average Bonchev–Trinajstić information content (AvgIpc) is 3.30. The number of hydrogen-bond donors (Lipinski definition) is 2. The van der Waals surface area contributed by atoms with Crippen LogP contribution >= 0.6 is 23.1 Å². The number of carbonyl (C=O) groups is 2. The second kappa shape index (κ2) is 11.9. The molecule has 0 bridgehead atoms. The van der Waals surface area contributed by atoms with Crippen LogP contribution in [0, 0.1) is 6.92 Å². The summed E-state index contributed by atoms with van der Waals surface area (Å²) >= 11 is 3.21. The van der Waals surface area contributed by atoms with E-state index in [-0.39, 0.29) is 5.91 Å². The highest BCUT2D eigenvalue weighted by Gasteiger charge is 2.22. The van der Waals surface area contributed by atoms with Crippen molar-refractivity contribution in [3.05, 3.63) is 81.5 Å². The molecule has 0 aliphatic rings. The van der Waals surface area contributed by atoms with Crippen molar-refractivity contribution in [3.63, 3.8) is 0 Å². The van der Waals surface area contributed by atoms with Crippen LogP contribution in [0.25, 0.3) is 11.1 Å². The summed E-state index contributed by atoms with van der Waals surface area (Å²) in [7, 11) is 0. The molecule has 0 aliphatic heterocycles. The SMILES string of the molecule is CSCCC(NC(=O)c1ccc(COCc2cccs2)cc1-c1ccccc1C)C(=O)O. The number of carboxylic acid groups (broad SMARTS) is 1. The van der Waals surface area contributed by atoms with Gasteiger partial charge in [0, 0.05) is 10.4 Å². The highest BCUT2D eigenvalue weighted by atomic mass is 32.2. The lowest BCUT2D eigenvalue weighted by Gasteiger charge is -2.17. The van der Waals surface area contributed by atoms with Crippen LogP contribution < -0.4 is 5.32 Å². The molecule has 7 heteroatoms. The van der Waals surface area contributed by atoms with E-state index in [9.17, 15) is 14.7 Å². The van der Waals surface area contributed by atoms with Gasteiger partial charge >= 0.3 is 5.97 Å². The number of benzene rings is 2. The van der Waals surface area contributed by atoms with Crippen molar-refractivity contribution >= 4 is 35.0 Å². The third-order valence-electron chi connectivity index (χ3n) is 5.07. The first-order valence-electron chi connectivity index (χ1n) is 10.3. The molecule has 5 nitrogen and oxygen atoms in total. The van der Waals surface area contributed by atoms with Crippen LogP contribution in [-0.4, -0.2) is 35.0 Å². The van der Waals surface area contributed by atoms with E-state index in [0.29, 0.717) is 31.0 Å². The van der Waals surface area contributed by atoms with Crippen molar-refractivity contribution in [3.8, 4) is 11.1 Å². The number of amides is 1. The lowest BCUT2D eigenvalue weighted by Crippen LogP contribution is -2.41. The maximum Gasteiger partial charge on any atom is 0.326 e. The molecule has 0 fully saturated rings. The Kier molecular flexibility index (Phi) is 8.90. The number of carboxylic acids is 1. The van der Waals surface area contributed by atoms with Crippen LogP contribution in [0.15, 0.2) is 60.0 Å². The lowest BCUT2D eigenvalue weighted by atomic mass is 9.93. The van der Waals surface area contributed by atoms with E-state index in [4.69, 9.17) is 4.74 Å². The number of aryl methyl sites for hydroxylation is 1. The molecule has 0 saturated carbocycles. The molecule has 1 unspecified atom stereocenters. The third-order valence-corrected chi connectivity index (χ3v) is 6.56. The zero-order valence-corrected chi connectivity index (χ0v) is 19.8. The predicted molar refractivity (Wildman–Crippen MR) is 131 cm³/mol. The highest BCUT2D eigenvalue weighted by molar-refractivity contribution is 7.98. The molecule has 3 aromatic rings. The van der Waals surface area contributed by atoms with Gasteiger partial charge in [0.2, 0.25) is 0 Å². The number of ether oxygens (including phenoxy) is 1. The fourth-order valence-corrected chi connectivity index (χ4v) is 4.48. The van der Waals surface area contributed by atoms with Gasteiger partial charge in [-0.25, -0.2) is 4.79 Å². The Morgan fingerprint density at radius 3 is 2.59 bits per heavy atom. The van der Waals surface area contributed by atoms with Gasteiger partial charge in [0.25, 0.3) is 5.91 Å². The zero-order valence-electron chi connectivity index (χ0n) is 18.2. The van der Waals surface area contributed by atoms with E-state index in [1.54, 1.807) is 29.2 Å². The van der Waals surface area contributed by atoms with Crippen molar-refractivity contribution in [2.75, 3.05) is 12.0 Å². The number of thioether (sulfide) groups is 1. The molecule has 1 atom stereocenters. The van der Waals surface area contributed by atoms with Gasteiger partial charge in [-0.15, -0.1) is 11.3 Å². The van der Waals surface area contributed by atoms with E-state index in [1.165, 1.54) is 0 Å². The predicted octanol–water partition coefficient (Wildman–Crippen LogP) is 5.38. The van der Waals surface area contributed by atoms with Crippen molar-refractivity contribution in [2.45, 2.75) is 32.6 Å². The largest absolute Gasteiger partial charge is 0.480 e. The van der Waals surface area contributed by atoms with E-state index >= 15 is 0 Å². The molecule has 3 rings (SSSR count). The lowest BCUT2D eigenvalue weighted by molar-refractivity contribution is -0.139. The summed E-state index contributed by atoms with van der Waals surface area (Å²) in [6.45, 7) is 2.95. The molecular formula is C25H27NO4S2. The van der Waals surface area contributed by atoms with Gasteiger partial charge in [-0.3, -0.25) is 4.79 Å². The van der Waals surface area contributed by atoms with Gasteiger partial charge in [-0.2, -0.15) is 11.8 Å². The van der Waals surface area contributed by atoms with Gasteiger partial charge in [-0.05, 0) is 71.2 Å². The topological polar surface area (TPSA) is 75.6 Å². The smallest absolute Gasteiger partial charge is 0.326 e. The number of thiophene rings is 1. The number of carbonyl (C=O) groups excluding carboxylic acids is 1. The minimum absolute atomic E-state index is 0.372. The normalized spacial score (nSPS) is 11.8. The number of hydrogen-bond acceptors (Lipinski definition) is 5. The van der Waals surface area contributed by atoms with Crippen LogP contribution in [0.2, 0.25) is 0 Å². The molecule has 0 aliphatic carbocycles. The Hall–Kier alpha value is -2.61. The van der Waals surface area contributed by atoms with Crippen LogP contribution in [0.1, 0.15) is 32.8 Å². The minimum atomic E-state index is -1.02. The van der Waals surface area contributed by atoms with E-state index in [1.807, 2.05) is 67.1 Å². The average molecular weight is 470 g/mol. The molecule has 2 aromatic carbocycles. The molecule has 32 heavy (non-hydrogen) atoms. The van der Waals surface area contributed by atoms with Gasteiger partial charge in [0.1, 0.15) is 6.04 Å². The summed E-state index contributed by atoms with van der Waals surface area (Å²) in [4.78, 5) is 25.9. The summed E-state index contributed by atoms with van der Waals surface area (Å²) < 4.78 is 5.86. The van der Waals surface area contributed by atoms with Crippen LogP contribution in [0.3, 0.4) is 0 Å². The molecule has 168 valence electrons. The quantitative estimate of drug-likeness (QED) is 0.395. The number of nitrogens with one attached hydrogen (secondary N) is 1. The van der Waals surface area contributed by atoms with Gasteiger partial charge in [0.05, 0.1) is 13.2 Å². The molecule has 1 amide bonds. The van der Waals surface area contributed by atoms with Crippen LogP contribution in [0.4, 0.5) is 0 Å². The first-order chi connectivity index (χ1) is 15.5. The van der Waals surface area contributed by atoms with Crippen molar-refractivity contribution in [1.29, 1.82) is 0 Å². The monoisotopic (exact) mass is 469 g/mol. The standard InChI is InChI=1S/C25H27NO4S2/c1-17-6-3-4-8-20(17)22-14-18(15-30-16-19-7-5-12-32-19)9-10-21(22)24(27)26-23(25(28)29)11-13-31-2/h3-10,12,14,23H,11,13,15-16H2,1-2H3,(H,26,27)(H,28,29). The van der Waals surface area contributed by atoms with Crippen molar-refractivity contribution < 1.29 is 19.4 Å². The van der Waals surface area contributed by atoms with Crippen LogP contribution in [0.5, 0.6) is 0 Å². The Bertz CT molecular complexity index is 1050. The molecule has 0 saturated heterocycles. The Morgan fingerprint density at radius 1 is 1.09 bits per heavy atom. The van der Waals surface area contributed by atoms with E-state index in [2.05, 4.69) is 5.32 Å². The van der Waals surface area contributed by atoms with E-state index in [0.717, 1.165) is 27.1 Å². The fraction of sp³-hybridized carbons (Fsp3) is 0.280. The first-order valence-corrected chi connectivity index (χ1v) is 12.6. The molecule has 2 N–H and O–H groups in total. The number of aliphatic carboxylic acids is 1. The molecule has 0 spiro atoms. The zero-order chi connectivity index (χ0) is 22.9. The number of rotatable bonds is 11. The minimum Gasteiger partial charge on any atom is -0.480 e.